The Morgan fingerprint density at radius 1 is 0.849 bits per heavy atom. The summed E-state index contributed by atoms with van der Waals surface area (Å²) in [6.45, 7) is 30.9. The Bertz CT molecular complexity index is 1270. The number of carbonyl (C=O) groups is 1. The van der Waals surface area contributed by atoms with E-state index < -0.39 is 28.2 Å². The van der Waals surface area contributed by atoms with Crippen LogP contribution in [0.2, 0.25) is 36.3 Å². The Labute approximate surface area is 330 Å². The molecule has 0 spiro atoms. The number of hydrogen-bond acceptors (Lipinski definition) is 4. The molecular formula is C47H84O4Si2. The van der Waals surface area contributed by atoms with E-state index >= 15 is 0 Å². The zero-order valence-corrected chi connectivity index (χ0v) is 39.0. The Morgan fingerprint density at radius 3 is 1.96 bits per heavy atom. The van der Waals surface area contributed by atoms with Crippen LogP contribution in [0.1, 0.15) is 171 Å². The zero-order valence-electron chi connectivity index (χ0n) is 37.0. The number of ketones is 1. The molecule has 0 radical (unpaired) electrons. The third-order valence-electron chi connectivity index (χ3n) is 15.5. The molecule has 0 aromatic carbocycles. The van der Waals surface area contributed by atoms with Crippen LogP contribution in [0.25, 0.3) is 0 Å². The maximum Gasteiger partial charge on any atom is 0.192 e. The molecule has 0 saturated heterocycles. The summed E-state index contributed by atoms with van der Waals surface area (Å²) in [5.41, 5.74) is 2.93. The molecule has 0 aromatic rings. The van der Waals surface area contributed by atoms with Crippen LogP contribution in [-0.4, -0.2) is 45.8 Å². The molecule has 7 atom stereocenters. The van der Waals surface area contributed by atoms with Gasteiger partial charge >= 0.3 is 0 Å². The number of unbranched alkanes of at least 4 members (excludes halogenated alkanes) is 5. The van der Waals surface area contributed by atoms with Gasteiger partial charge in [-0.05, 0) is 130 Å². The van der Waals surface area contributed by atoms with Crippen LogP contribution in [0.4, 0.5) is 0 Å². The molecular weight excluding hydrogens is 685 g/mol. The smallest absolute Gasteiger partial charge is 0.192 e. The fourth-order valence-corrected chi connectivity index (χ4v) is 12.5. The lowest BCUT2D eigenvalue weighted by Gasteiger charge is -2.45. The molecule has 304 valence electrons. The predicted molar refractivity (Wildman–Crippen MR) is 231 cm³/mol. The topological polar surface area (TPSA) is 55.8 Å². The lowest BCUT2D eigenvalue weighted by molar-refractivity contribution is -0.127. The van der Waals surface area contributed by atoms with Crippen molar-refractivity contribution in [2.75, 3.05) is 0 Å². The minimum atomic E-state index is -1.91. The summed E-state index contributed by atoms with van der Waals surface area (Å²) in [6, 6.07) is 0. The molecule has 0 bridgehead atoms. The lowest BCUT2D eigenvalue weighted by atomic mass is 9.61. The van der Waals surface area contributed by atoms with Crippen LogP contribution in [0.3, 0.4) is 0 Å². The second-order valence-corrected chi connectivity index (χ2v) is 31.1. The third kappa shape index (κ3) is 11.0. The highest BCUT2D eigenvalue weighted by Crippen LogP contribution is 2.60. The molecule has 0 aromatic heterocycles. The van der Waals surface area contributed by atoms with Crippen molar-refractivity contribution in [2.24, 2.45) is 28.6 Å². The van der Waals surface area contributed by atoms with Gasteiger partial charge in [0, 0.05) is 6.42 Å². The first-order valence-electron chi connectivity index (χ1n) is 22.2. The summed E-state index contributed by atoms with van der Waals surface area (Å²) in [5, 5.41) is 11.7. The normalized spacial score (nSPS) is 30.1. The second kappa shape index (κ2) is 17.8. The first kappa shape index (κ1) is 44.9. The van der Waals surface area contributed by atoms with E-state index in [0.29, 0.717) is 30.0 Å². The third-order valence-corrected chi connectivity index (χ3v) is 24.6. The average Bonchev–Trinajstić information content (AvgIpc) is 3.78. The minimum Gasteiger partial charge on any atom is -0.414 e. The van der Waals surface area contributed by atoms with E-state index in [4.69, 9.17) is 8.85 Å². The molecule has 1 N–H and O–H groups in total. The number of carbonyl (C=O) groups excluding carboxylic acids is 1. The first-order chi connectivity index (χ1) is 24.6. The van der Waals surface area contributed by atoms with E-state index in [0.717, 1.165) is 44.9 Å². The van der Waals surface area contributed by atoms with Gasteiger partial charge in [-0.25, -0.2) is 0 Å². The van der Waals surface area contributed by atoms with Crippen molar-refractivity contribution in [2.45, 2.75) is 226 Å². The Kier molecular flexibility index (Phi) is 15.1. The maximum atomic E-state index is 13.2. The van der Waals surface area contributed by atoms with E-state index in [9.17, 15) is 9.90 Å². The Morgan fingerprint density at radius 2 is 1.42 bits per heavy atom. The van der Waals surface area contributed by atoms with E-state index in [1.165, 1.54) is 63.4 Å². The standard InChI is InChI=1S/C47H84O4Si2/c1-14-15-16-17-18-19-22-42(48)47(30-31-47)43(49)28-23-35(2)40-26-27-41-37(21-20-29-46(40,41)9)25-24-36-32-38(50-52(10,11)44(3,4)5)34-39(33-36)51-53(12,13)45(6,7)8/h23-25,28,35,38-41,43,49H,14-22,26-27,29-34H2,1-13H3/t35-,38-,39-,40-,41+,43+,46-/m1/s1. The predicted octanol–water partition coefficient (Wildman–Crippen LogP) is 13.7. The van der Waals surface area contributed by atoms with Gasteiger partial charge in [-0.1, -0.05) is 130 Å². The highest BCUT2D eigenvalue weighted by molar-refractivity contribution is 6.74. The Balaban J connectivity index is 1.44. The van der Waals surface area contributed by atoms with Crippen molar-refractivity contribution in [3.8, 4) is 0 Å². The highest BCUT2D eigenvalue weighted by atomic mass is 28.4. The van der Waals surface area contributed by atoms with E-state index in [1.807, 2.05) is 6.08 Å². The van der Waals surface area contributed by atoms with Gasteiger partial charge in [0.15, 0.2) is 16.6 Å². The van der Waals surface area contributed by atoms with Gasteiger partial charge in [0.1, 0.15) is 5.78 Å². The maximum absolute atomic E-state index is 13.2. The molecule has 4 saturated carbocycles. The quantitative estimate of drug-likeness (QED) is 0.0909. The van der Waals surface area contributed by atoms with Crippen molar-refractivity contribution in [3.05, 3.63) is 35.5 Å². The molecule has 0 unspecified atom stereocenters. The molecule has 4 aliphatic rings. The summed E-state index contributed by atoms with van der Waals surface area (Å²) in [7, 11) is -3.82. The van der Waals surface area contributed by atoms with E-state index in [1.54, 1.807) is 5.57 Å². The van der Waals surface area contributed by atoms with Gasteiger partial charge in [0.05, 0.1) is 23.7 Å². The molecule has 4 fully saturated rings. The number of aliphatic hydroxyl groups is 1. The van der Waals surface area contributed by atoms with Gasteiger partial charge in [0.25, 0.3) is 0 Å². The van der Waals surface area contributed by atoms with Crippen LogP contribution in [0.15, 0.2) is 35.5 Å². The summed E-state index contributed by atoms with van der Waals surface area (Å²) in [6.07, 6.45) is 27.9. The molecule has 53 heavy (non-hydrogen) atoms. The van der Waals surface area contributed by atoms with Crippen molar-refractivity contribution in [1.29, 1.82) is 0 Å². The fourth-order valence-electron chi connectivity index (χ4n) is 9.79. The van der Waals surface area contributed by atoms with Crippen molar-refractivity contribution < 1.29 is 18.8 Å². The lowest BCUT2D eigenvalue weighted by Crippen LogP contribution is -2.48. The average molecular weight is 769 g/mol. The van der Waals surface area contributed by atoms with Gasteiger partial charge in [-0.15, -0.1) is 0 Å². The molecule has 0 aliphatic heterocycles. The van der Waals surface area contributed by atoms with Crippen LogP contribution >= 0.6 is 0 Å². The van der Waals surface area contributed by atoms with Crippen molar-refractivity contribution in [3.63, 3.8) is 0 Å². The van der Waals surface area contributed by atoms with Crippen LogP contribution in [0, 0.1) is 28.6 Å². The minimum absolute atomic E-state index is 0.187. The van der Waals surface area contributed by atoms with Gasteiger partial charge in [-0.3, -0.25) is 4.79 Å². The highest BCUT2D eigenvalue weighted by Gasteiger charge is 2.54. The van der Waals surface area contributed by atoms with Gasteiger partial charge in [0.2, 0.25) is 0 Å². The van der Waals surface area contributed by atoms with Gasteiger partial charge in [-0.2, -0.15) is 0 Å². The molecule has 4 rings (SSSR count). The largest absolute Gasteiger partial charge is 0.414 e. The fraction of sp³-hybridized carbons (Fsp3) is 0.851. The first-order valence-corrected chi connectivity index (χ1v) is 28.0. The van der Waals surface area contributed by atoms with Crippen LogP contribution < -0.4 is 0 Å². The zero-order chi connectivity index (χ0) is 39.5. The number of fused-ring (bicyclic) bond motifs is 1. The van der Waals surface area contributed by atoms with Crippen molar-refractivity contribution >= 4 is 22.4 Å². The summed E-state index contributed by atoms with van der Waals surface area (Å²) >= 11 is 0. The SMILES string of the molecule is CCCCCCCCC(=O)C1([C@@H](O)C=C[C@@H](C)[C@H]2CC[C@H]3C(=CC=C4C[C@@H](O[Si](C)(C)C(C)(C)C)C[C@H](O[Si](C)(C)C(C)(C)C)C4)CCC[C@]23C)CC1. The molecule has 4 aliphatic carbocycles. The summed E-state index contributed by atoms with van der Waals surface area (Å²) in [4.78, 5) is 13.2. The summed E-state index contributed by atoms with van der Waals surface area (Å²) in [5.74, 6) is 1.91. The number of rotatable bonds is 17. The number of aliphatic hydroxyl groups excluding tert-OH is 1. The number of hydrogen-bond donors (Lipinski definition) is 1. The van der Waals surface area contributed by atoms with Crippen LogP contribution in [0.5, 0.6) is 0 Å². The monoisotopic (exact) mass is 769 g/mol. The molecule has 6 heteroatoms. The van der Waals surface area contributed by atoms with E-state index in [2.05, 4.69) is 107 Å². The van der Waals surface area contributed by atoms with Crippen LogP contribution in [-0.2, 0) is 13.6 Å². The van der Waals surface area contributed by atoms with E-state index in [-0.39, 0.29) is 27.7 Å². The second-order valence-electron chi connectivity index (χ2n) is 21.6. The molecule has 4 nitrogen and oxygen atoms in total. The summed E-state index contributed by atoms with van der Waals surface area (Å²) < 4.78 is 14.2. The molecule has 0 amide bonds. The van der Waals surface area contributed by atoms with Crippen molar-refractivity contribution in [1.82, 2.24) is 0 Å². The Hall–Kier alpha value is -0.796. The van der Waals surface area contributed by atoms with Gasteiger partial charge < -0.3 is 14.0 Å². The number of allylic oxidation sites excluding steroid dienone is 4. The number of Topliss-reactive ketones (excluding diaryl/α,β-unsaturated/α-hetero) is 1. The molecule has 0 heterocycles.